The summed E-state index contributed by atoms with van der Waals surface area (Å²) >= 11 is 0. The van der Waals surface area contributed by atoms with Gasteiger partial charge in [0.25, 0.3) is 0 Å². The summed E-state index contributed by atoms with van der Waals surface area (Å²) in [5.41, 5.74) is 0.534. The lowest BCUT2D eigenvalue weighted by atomic mass is 10.1. The van der Waals surface area contributed by atoms with Crippen molar-refractivity contribution in [2.45, 2.75) is 50.8 Å². The first-order valence-electron chi connectivity index (χ1n) is 13.0. The maximum Gasteiger partial charge on any atom is 0.338 e. The Hall–Kier alpha value is -4.68. The molecule has 0 aliphatic carbocycles. The van der Waals surface area contributed by atoms with E-state index in [0.717, 1.165) is 12.2 Å². The van der Waals surface area contributed by atoms with Crippen LogP contribution in [0.1, 0.15) is 34.6 Å². The normalized spacial score (nSPS) is 22.0. The Morgan fingerprint density at radius 3 is 1.38 bits per heavy atom. The topological polar surface area (TPSA) is 142 Å². The predicted octanol–water partition coefficient (Wildman–Crippen LogP) is 3.14. The second-order valence-electron chi connectivity index (χ2n) is 9.19. The molecule has 12 nitrogen and oxygen atoms in total. The largest absolute Gasteiger partial charge is 0.455 e. The van der Waals surface area contributed by atoms with Gasteiger partial charge in [-0.1, -0.05) is 13.2 Å². The van der Waals surface area contributed by atoms with Crippen LogP contribution in [0.15, 0.2) is 73.8 Å². The third-order valence-corrected chi connectivity index (χ3v) is 6.16. The molecule has 2 aromatic carbocycles. The molecule has 42 heavy (non-hydrogen) atoms. The highest BCUT2D eigenvalue weighted by molar-refractivity contribution is 5.90. The SMILES string of the molecule is C=CC(=O)OC(C)Oc1ccc(C(=O)O[C@@H]2CO[C@H]3[C@@H]2OC[C@H]3OC(=O)c2ccc(OC(C)OC(=O)C=C)cc2)cc1. The Morgan fingerprint density at radius 2 is 1.05 bits per heavy atom. The summed E-state index contributed by atoms with van der Waals surface area (Å²) in [6.07, 6.45) is -2.25. The second-order valence-corrected chi connectivity index (χ2v) is 9.19. The fourth-order valence-corrected chi connectivity index (χ4v) is 4.24. The molecule has 12 heteroatoms. The molecule has 0 amide bonds. The minimum Gasteiger partial charge on any atom is -0.455 e. The quantitative estimate of drug-likeness (QED) is 0.157. The second kappa shape index (κ2) is 13.8. The van der Waals surface area contributed by atoms with Crippen LogP contribution < -0.4 is 9.47 Å². The summed E-state index contributed by atoms with van der Waals surface area (Å²) in [4.78, 5) is 48.0. The molecule has 0 spiro atoms. The van der Waals surface area contributed by atoms with E-state index in [1.54, 1.807) is 38.1 Å². The van der Waals surface area contributed by atoms with Crippen LogP contribution in [-0.2, 0) is 38.0 Å². The molecule has 2 aromatic rings. The summed E-state index contributed by atoms with van der Waals surface area (Å²) in [6.45, 7) is 9.89. The molecular formula is C30H30O12. The van der Waals surface area contributed by atoms with E-state index < -0.39 is 60.9 Å². The van der Waals surface area contributed by atoms with Crippen molar-refractivity contribution in [2.75, 3.05) is 13.2 Å². The van der Waals surface area contributed by atoms with Gasteiger partial charge in [-0.2, -0.15) is 0 Å². The number of hydrogen-bond donors (Lipinski definition) is 0. The van der Waals surface area contributed by atoms with Gasteiger partial charge in [0.1, 0.15) is 23.7 Å². The average molecular weight is 583 g/mol. The lowest BCUT2D eigenvalue weighted by molar-refractivity contribution is -0.156. The van der Waals surface area contributed by atoms with Crippen LogP contribution >= 0.6 is 0 Å². The number of fused-ring (bicyclic) bond motifs is 1. The molecule has 0 N–H and O–H groups in total. The zero-order chi connectivity index (χ0) is 30.2. The van der Waals surface area contributed by atoms with Gasteiger partial charge in [-0.15, -0.1) is 0 Å². The van der Waals surface area contributed by atoms with Gasteiger partial charge in [0, 0.05) is 26.0 Å². The van der Waals surface area contributed by atoms with E-state index in [2.05, 4.69) is 13.2 Å². The fraction of sp³-hybridized carbons (Fsp3) is 0.333. The van der Waals surface area contributed by atoms with E-state index in [0.29, 0.717) is 11.5 Å². The van der Waals surface area contributed by atoms with Crippen molar-refractivity contribution in [3.63, 3.8) is 0 Å². The van der Waals surface area contributed by atoms with Crippen LogP contribution in [0.4, 0.5) is 0 Å². The van der Waals surface area contributed by atoms with Gasteiger partial charge in [0.05, 0.1) is 24.3 Å². The zero-order valence-corrected chi connectivity index (χ0v) is 23.0. The number of benzene rings is 2. The molecule has 2 saturated heterocycles. The molecule has 0 bridgehead atoms. The molecule has 4 rings (SSSR count). The van der Waals surface area contributed by atoms with Crippen molar-refractivity contribution >= 4 is 23.9 Å². The van der Waals surface area contributed by atoms with E-state index in [9.17, 15) is 19.2 Å². The van der Waals surface area contributed by atoms with Crippen molar-refractivity contribution < 1.29 is 57.1 Å². The van der Waals surface area contributed by atoms with E-state index in [-0.39, 0.29) is 24.3 Å². The highest BCUT2D eigenvalue weighted by atomic mass is 16.7. The number of carbonyl (C=O) groups is 4. The van der Waals surface area contributed by atoms with Crippen LogP contribution in [0.2, 0.25) is 0 Å². The summed E-state index contributed by atoms with van der Waals surface area (Å²) < 4.78 is 43.6. The molecule has 0 saturated carbocycles. The molecule has 0 radical (unpaired) electrons. The van der Waals surface area contributed by atoms with Crippen molar-refractivity contribution in [3.05, 3.63) is 85.0 Å². The lowest BCUT2D eigenvalue weighted by Crippen LogP contribution is -2.36. The van der Waals surface area contributed by atoms with Crippen molar-refractivity contribution in [1.29, 1.82) is 0 Å². The van der Waals surface area contributed by atoms with Crippen molar-refractivity contribution in [1.82, 2.24) is 0 Å². The van der Waals surface area contributed by atoms with Gasteiger partial charge in [-0.3, -0.25) is 0 Å². The minimum atomic E-state index is -0.847. The Bertz CT molecular complexity index is 1200. The molecule has 2 aliphatic heterocycles. The first-order valence-corrected chi connectivity index (χ1v) is 13.0. The van der Waals surface area contributed by atoms with E-state index in [4.69, 9.17) is 37.9 Å². The molecular weight excluding hydrogens is 552 g/mol. The number of hydrogen-bond acceptors (Lipinski definition) is 12. The number of carbonyl (C=O) groups excluding carboxylic acids is 4. The highest BCUT2D eigenvalue weighted by Gasteiger charge is 2.51. The first-order chi connectivity index (χ1) is 20.2. The van der Waals surface area contributed by atoms with Crippen LogP contribution in [0.25, 0.3) is 0 Å². The first kappa shape index (κ1) is 30.3. The fourth-order valence-electron chi connectivity index (χ4n) is 4.24. The predicted molar refractivity (Wildman–Crippen MR) is 144 cm³/mol. The zero-order valence-electron chi connectivity index (χ0n) is 23.0. The third kappa shape index (κ3) is 7.74. The minimum absolute atomic E-state index is 0.0726. The number of esters is 4. The number of rotatable bonds is 12. The Balaban J connectivity index is 1.25. The maximum absolute atomic E-state index is 12.7. The van der Waals surface area contributed by atoms with Gasteiger partial charge in [0.2, 0.25) is 12.6 Å². The van der Waals surface area contributed by atoms with Gasteiger partial charge >= 0.3 is 23.9 Å². The van der Waals surface area contributed by atoms with Gasteiger partial charge in [-0.25, -0.2) is 19.2 Å². The Labute approximate surface area is 241 Å². The molecule has 2 fully saturated rings. The average Bonchev–Trinajstić information content (AvgIpc) is 3.56. The van der Waals surface area contributed by atoms with Crippen LogP contribution in [0.3, 0.4) is 0 Å². The van der Waals surface area contributed by atoms with E-state index >= 15 is 0 Å². The van der Waals surface area contributed by atoms with Crippen LogP contribution in [-0.4, -0.2) is 74.1 Å². The Kier molecular flexibility index (Phi) is 9.94. The molecule has 2 aliphatic rings. The van der Waals surface area contributed by atoms with Gasteiger partial charge < -0.3 is 37.9 Å². The lowest BCUT2D eigenvalue weighted by Gasteiger charge is -2.18. The summed E-state index contributed by atoms with van der Waals surface area (Å²) in [7, 11) is 0. The molecule has 2 heterocycles. The third-order valence-electron chi connectivity index (χ3n) is 6.16. The molecule has 222 valence electrons. The summed E-state index contributed by atoms with van der Waals surface area (Å²) in [6, 6.07) is 12.2. The summed E-state index contributed by atoms with van der Waals surface area (Å²) in [5, 5.41) is 0. The van der Waals surface area contributed by atoms with Crippen molar-refractivity contribution in [3.8, 4) is 11.5 Å². The van der Waals surface area contributed by atoms with E-state index in [1.807, 2.05) is 0 Å². The van der Waals surface area contributed by atoms with Crippen LogP contribution in [0.5, 0.6) is 11.5 Å². The van der Waals surface area contributed by atoms with Crippen molar-refractivity contribution in [2.24, 2.45) is 0 Å². The maximum atomic E-state index is 12.7. The monoisotopic (exact) mass is 582 g/mol. The molecule has 0 aromatic heterocycles. The Morgan fingerprint density at radius 1 is 0.690 bits per heavy atom. The number of ether oxygens (including phenoxy) is 8. The highest BCUT2D eigenvalue weighted by Crippen LogP contribution is 2.32. The van der Waals surface area contributed by atoms with Crippen LogP contribution in [0, 0.1) is 0 Å². The summed E-state index contributed by atoms with van der Waals surface area (Å²) in [5.74, 6) is -1.66. The van der Waals surface area contributed by atoms with Gasteiger partial charge in [0.15, 0.2) is 12.2 Å². The van der Waals surface area contributed by atoms with Gasteiger partial charge in [-0.05, 0) is 48.5 Å². The standard InChI is InChI=1S/C30H30O12/c1-5-25(31)39-17(3)37-21-11-7-19(8-12-21)29(33)41-23-15-35-28-24(16-36-27(23)28)42-30(34)20-9-13-22(14-10-20)38-18(4)40-26(32)6-2/h5-14,17-18,23-24,27-28H,1-2,15-16H2,3-4H3/t17?,18?,23-,24-,27-,28-/m1/s1. The smallest absolute Gasteiger partial charge is 0.338 e. The van der Waals surface area contributed by atoms with E-state index in [1.165, 1.54) is 24.3 Å². The molecule has 6 atom stereocenters. The molecule has 2 unspecified atom stereocenters.